The second kappa shape index (κ2) is 9.04. The predicted octanol–water partition coefficient (Wildman–Crippen LogP) is 1.85. The quantitative estimate of drug-likeness (QED) is 0.409. The number of phenolic OH excluding ortho intramolecular Hbond substituents is 1. The molecule has 0 aromatic heterocycles. The Morgan fingerprint density at radius 2 is 1.85 bits per heavy atom. The van der Waals surface area contributed by atoms with Gasteiger partial charge in [0.15, 0.2) is 23.9 Å². The van der Waals surface area contributed by atoms with E-state index in [0.717, 1.165) is 0 Å². The molecule has 0 unspecified atom stereocenters. The molecule has 0 bridgehead atoms. The standard InChI is InChI=1S/C17H17N3O7/c1-25-14-7-11(8-15(26-2)17(14)22)9-18-19-16(21)10-27-13-6-4-3-5-12(13)20(23)24/h3-9,22H,10H2,1-2H3,(H,19,21). The Hall–Kier alpha value is -3.82. The first-order valence-corrected chi connectivity index (χ1v) is 7.59. The molecule has 10 heteroatoms. The summed E-state index contributed by atoms with van der Waals surface area (Å²) in [7, 11) is 2.77. The van der Waals surface area contributed by atoms with Crippen molar-refractivity contribution >= 4 is 17.8 Å². The number of nitro groups is 1. The number of ether oxygens (including phenoxy) is 3. The molecule has 0 heterocycles. The van der Waals surface area contributed by atoms with Crippen LogP contribution in [0, 0.1) is 10.1 Å². The van der Waals surface area contributed by atoms with E-state index < -0.39 is 17.4 Å². The van der Waals surface area contributed by atoms with Gasteiger partial charge in [-0.3, -0.25) is 14.9 Å². The zero-order chi connectivity index (χ0) is 19.8. The van der Waals surface area contributed by atoms with Crippen molar-refractivity contribution in [2.45, 2.75) is 0 Å². The van der Waals surface area contributed by atoms with Gasteiger partial charge in [-0.25, -0.2) is 5.43 Å². The second-order valence-corrected chi connectivity index (χ2v) is 5.08. The van der Waals surface area contributed by atoms with E-state index in [4.69, 9.17) is 14.2 Å². The highest BCUT2D eigenvalue weighted by Gasteiger charge is 2.15. The maximum absolute atomic E-state index is 11.8. The normalized spacial score (nSPS) is 10.4. The first-order chi connectivity index (χ1) is 13.0. The van der Waals surface area contributed by atoms with Gasteiger partial charge in [-0.05, 0) is 18.2 Å². The number of nitrogens with one attached hydrogen (secondary N) is 1. The lowest BCUT2D eigenvalue weighted by molar-refractivity contribution is -0.385. The molecule has 1 amide bonds. The monoisotopic (exact) mass is 375 g/mol. The molecule has 0 aliphatic heterocycles. The minimum Gasteiger partial charge on any atom is -0.502 e. The number of rotatable bonds is 8. The molecule has 0 radical (unpaired) electrons. The van der Waals surface area contributed by atoms with Crippen molar-refractivity contribution in [2.75, 3.05) is 20.8 Å². The maximum atomic E-state index is 11.8. The molecule has 2 aromatic carbocycles. The Bertz CT molecular complexity index is 842. The van der Waals surface area contributed by atoms with Crippen molar-refractivity contribution in [1.82, 2.24) is 5.43 Å². The van der Waals surface area contributed by atoms with Gasteiger partial charge in [0.2, 0.25) is 5.75 Å². The van der Waals surface area contributed by atoms with E-state index in [1.807, 2.05) is 0 Å². The van der Waals surface area contributed by atoms with E-state index in [-0.39, 0.29) is 28.7 Å². The fourth-order valence-electron chi connectivity index (χ4n) is 2.07. The van der Waals surface area contributed by atoms with Crippen LogP contribution in [0.3, 0.4) is 0 Å². The average molecular weight is 375 g/mol. The van der Waals surface area contributed by atoms with Gasteiger partial charge in [0, 0.05) is 11.6 Å². The SMILES string of the molecule is COc1cc(C=NNC(=O)COc2ccccc2[N+](=O)[O-])cc(OC)c1O. The van der Waals surface area contributed by atoms with Crippen molar-refractivity contribution in [2.24, 2.45) is 5.10 Å². The first kappa shape index (κ1) is 19.5. The largest absolute Gasteiger partial charge is 0.502 e. The van der Waals surface area contributed by atoms with Crippen LogP contribution in [0.1, 0.15) is 5.56 Å². The van der Waals surface area contributed by atoms with E-state index >= 15 is 0 Å². The van der Waals surface area contributed by atoms with E-state index in [2.05, 4.69) is 10.5 Å². The van der Waals surface area contributed by atoms with Crippen molar-refractivity contribution in [1.29, 1.82) is 0 Å². The van der Waals surface area contributed by atoms with Gasteiger partial charge in [0.1, 0.15) is 0 Å². The van der Waals surface area contributed by atoms with Gasteiger partial charge in [-0.2, -0.15) is 5.10 Å². The topological polar surface area (TPSA) is 133 Å². The van der Waals surface area contributed by atoms with E-state index in [0.29, 0.717) is 5.56 Å². The summed E-state index contributed by atoms with van der Waals surface area (Å²) in [5.74, 6) is -0.417. The van der Waals surface area contributed by atoms with Crippen molar-refractivity contribution < 1.29 is 29.0 Å². The minimum absolute atomic E-state index is 0.0189. The van der Waals surface area contributed by atoms with E-state index in [1.165, 1.54) is 50.8 Å². The molecule has 0 saturated carbocycles. The summed E-state index contributed by atoms with van der Waals surface area (Å²) in [6, 6.07) is 8.72. The lowest BCUT2D eigenvalue weighted by atomic mass is 10.2. The Kier molecular flexibility index (Phi) is 6.53. The van der Waals surface area contributed by atoms with Gasteiger partial charge >= 0.3 is 5.69 Å². The number of hydrazone groups is 1. The molecule has 0 saturated heterocycles. The Morgan fingerprint density at radius 3 is 2.44 bits per heavy atom. The smallest absolute Gasteiger partial charge is 0.310 e. The summed E-state index contributed by atoms with van der Waals surface area (Å²) < 4.78 is 15.2. The fraction of sp³-hybridized carbons (Fsp3) is 0.176. The summed E-state index contributed by atoms with van der Waals surface area (Å²) in [4.78, 5) is 22.1. The zero-order valence-corrected chi connectivity index (χ0v) is 14.5. The second-order valence-electron chi connectivity index (χ2n) is 5.08. The third kappa shape index (κ3) is 5.08. The summed E-state index contributed by atoms with van der Waals surface area (Å²) in [6.45, 7) is -0.454. The van der Waals surface area contributed by atoms with E-state index in [9.17, 15) is 20.0 Å². The van der Waals surface area contributed by atoms with Crippen LogP contribution < -0.4 is 19.6 Å². The number of hydrogen-bond acceptors (Lipinski definition) is 8. The zero-order valence-electron chi connectivity index (χ0n) is 14.5. The summed E-state index contributed by atoms with van der Waals surface area (Å²) in [5.41, 5.74) is 2.49. The average Bonchev–Trinajstić information content (AvgIpc) is 2.67. The number of hydrogen-bond donors (Lipinski definition) is 2. The molecule has 27 heavy (non-hydrogen) atoms. The highest BCUT2D eigenvalue weighted by atomic mass is 16.6. The van der Waals surface area contributed by atoms with Crippen LogP contribution in [0.5, 0.6) is 23.0 Å². The van der Waals surface area contributed by atoms with Gasteiger partial charge in [-0.1, -0.05) is 12.1 Å². The summed E-state index contributed by atoms with van der Waals surface area (Å²) in [5, 5.41) is 24.5. The third-order valence-electron chi connectivity index (χ3n) is 3.33. The molecule has 0 aliphatic rings. The summed E-state index contributed by atoms with van der Waals surface area (Å²) in [6.07, 6.45) is 1.31. The number of nitrogens with zero attached hydrogens (tertiary/aromatic N) is 2. The molecule has 2 N–H and O–H groups in total. The molecule has 0 atom stereocenters. The molecule has 0 spiro atoms. The number of carbonyl (C=O) groups excluding carboxylic acids is 1. The van der Waals surface area contributed by atoms with E-state index in [1.54, 1.807) is 6.07 Å². The van der Waals surface area contributed by atoms with Crippen LogP contribution in [0.4, 0.5) is 5.69 Å². The van der Waals surface area contributed by atoms with Crippen LogP contribution in [-0.4, -0.2) is 43.0 Å². The number of amides is 1. The molecule has 10 nitrogen and oxygen atoms in total. The van der Waals surface area contributed by atoms with Crippen LogP contribution in [-0.2, 0) is 4.79 Å². The van der Waals surface area contributed by atoms with Crippen LogP contribution in [0.25, 0.3) is 0 Å². The Morgan fingerprint density at radius 1 is 1.22 bits per heavy atom. The number of phenols is 1. The molecule has 0 aliphatic carbocycles. The predicted molar refractivity (Wildman–Crippen MR) is 95.5 cm³/mol. The van der Waals surface area contributed by atoms with Crippen LogP contribution in [0.15, 0.2) is 41.5 Å². The molecular formula is C17H17N3O7. The first-order valence-electron chi connectivity index (χ1n) is 7.59. The molecule has 2 aromatic rings. The maximum Gasteiger partial charge on any atom is 0.310 e. The van der Waals surface area contributed by atoms with Crippen LogP contribution >= 0.6 is 0 Å². The van der Waals surface area contributed by atoms with Gasteiger partial charge < -0.3 is 19.3 Å². The number of para-hydroxylation sites is 2. The Labute approximate surface area is 154 Å². The number of nitro benzene ring substituents is 1. The van der Waals surface area contributed by atoms with Gasteiger partial charge in [0.25, 0.3) is 5.91 Å². The van der Waals surface area contributed by atoms with Crippen LogP contribution in [0.2, 0.25) is 0 Å². The lowest BCUT2D eigenvalue weighted by Gasteiger charge is -2.09. The number of carbonyl (C=O) groups is 1. The number of methoxy groups -OCH3 is 2. The minimum atomic E-state index is -0.609. The number of aromatic hydroxyl groups is 1. The van der Waals surface area contributed by atoms with Gasteiger partial charge in [0.05, 0.1) is 25.4 Å². The highest BCUT2D eigenvalue weighted by Crippen LogP contribution is 2.36. The fourth-order valence-corrected chi connectivity index (χ4v) is 2.07. The van der Waals surface area contributed by atoms with Gasteiger partial charge in [-0.15, -0.1) is 0 Å². The third-order valence-corrected chi connectivity index (χ3v) is 3.33. The lowest BCUT2D eigenvalue weighted by Crippen LogP contribution is -2.24. The Balaban J connectivity index is 1.97. The van der Waals surface area contributed by atoms with Crippen molar-refractivity contribution in [3.05, 3.63) is 52.1 Å². The molecular weight excluding hydrogens is 358 g/mol. The summed E-state index contributed by atoms with van der Waals surface area (Å²) >= 11 is 0. The number of benzene rings is 2. The van der Waals surface area contributed by atoms with Crippen molar-refractivity contribution in [3.8, 4) is 23.0 Å². The van der Waals surface area contributed by atoms with Crippen molar-refractivity contribution in [3.63, 3.8) is 0 Å². The molecule has 2 rings (SSSR count). The molecule has 0 fully saturated rings. The molecule has 142 valence electrons. The highest BCUT2D eigenvalue weighted by molar-refractivity contribution is 5.84.